The molecule has 2 saturated heterocycles. The average molecular weight is 531 g/mol. The molecule has 0 aromatic heterocycles. The highest BCUT2D eigenvalue weighted by molar-refractivity contribution is 5.97. The molecule has 3 atom stereocenters. The van der Waals surface area contributed by atoms with Crippen LogP contribution in [0, 0.1) is 17.5 Å². The Hall–Kier alpha value is -3.60. The summed E-state index contributed by atoms with van der Waals surface area (Å²) in [5, 5.41) is 2.83. The maximum Gasteiger partial charge on any atom is 0.419 e. The highest BCUT2D eigenvalue weighted by atomic mass is 19.2. The van der Waals surface area contributed by atoms with Gasteiger partial charge in [0.2, 0.25) is 6.10 Å². The molecular weight excluding hydrogens is 501 g/mol. The highest BCUT2D eigenvalue weighted by Crippen LogP contribution is 2.37. The Morgan fingerprint density at radius 1 is 0.921 bits per heavy atom. The third-order valence-electron chi connectivity index (χ3n) is 7.88. The molecule has 3 aliphatic rings. The number of cyclic esters (lactones) is 1. The second kappa shape index (κ2) is 10.6. The van der Waals surface area contributed by atoms with Gasteiger partial charge in [-0.2, -0.15) is 0 Å². The Morgan fingerprint density at radius 2 is 1.61 bits per heavy atom. The van der Waals surface area contributed by atoms with Crippen LogP contribution in [0.2, 0.25) is 0 Å². The van der Waals surface area contributed by atoms with Crippen LogP contribution in [-0.2, 0) is 9.53 Å². The van der Waals surface area contributed by atoms with E-state index in [0.29, 0.717) is 29.8 Å². The van der Waals surface area contributed by atoms with E-state index in [9.17, 15) is 27.6 Å². The molecule has 2 heterocycles. The number of rotatable bonds is 5. The lowest BCUT2D eigenvalue weighted by Gasteiger charge is -2.35. The van der Waals surface area contributed by atoms with Crippen molar-refractivity contribution in [3.8, 4) is 0 Å². The monoisotopic (exact) mass is 530 g/mol. The summed E-state index contributed by atoms with van der Waals surface area (Å²) in [6.07, 6.45) is 2.01. The molecule has 202 valence electrons. The van der Waals surface area contributed by atoms with Crippen molar-refractivity contribution < 1.29 is 32.3 Å². The zero-order valence-electron chi connectivity index (χ0n) is 20.6. The number of halogens is 3. The SMILES string of the molecule is NC(=O)[C@@H]1OC(=O)N(C(=O)N[C@@H]2CCN(C3CCC(c4ccc(F)cc4)CC3)C2)C1c1ccc(F)c(F)c1. The minimum Gasteiger partial charge on any atom is -0.433 e. The van der Waals surface area contributed by atoms with Crippen LogP contribution in [0.1, 0.15) is 55.2 Å². The molecule has 3 fully saturated rings. The largest absolute Gasteiger partial charge is 0.433 e. The van der Waals surface area contributed by atoms with E-state index in [-0.39, 0.29) is 17.4 Å². The first-order valence-corrected chi connectivity index (χ1v) is 12.8. The first kappa shape index (κ1) is 26.0. The topological polar surface area (TPSA) is 105 Å². The van der Waals surface area contributed by atoms with Crippen LogP contribution in [-0.4, -0.2) is 59.1 Å². The minimum atomic E-state index is -1.53. The molecule has 8 nitrogen and oxygen atoms in total. The molecule has 1 aliphatic carbocycles. The normalized spacial score (nSPS) is 27.8. The number of primary amides is 1. The van der Waals surface area contributed by atoms with Crippen LogP contribution in [0.5, 0.6) is 0 Å². The van der Waals surface area contributed by atoms with E-state index >= 15 is 0 Å². The smallest absolute Gasteiger partial charge is 0.419 e. The Bertz CT molecular complexity index is 1220. The predicted molar refractivity (Wildman–Crippen MR) is 130 cm³/mol. The van der Waals surface area contributed by atoms with Gasteiger partial charge in [0.05, 0.1) is 0 Å². The molecule has 1 unspecified atom stereocenters. The van der Waals surface area contributed by atoms with Gasteiger partial charge in [-0.25, -0.2) is 27.7 Å². The van der Waals surface area contributed by atoms with Crippen LogP contribution < -0.4 is 11.1 Å². The fourth-order valence-electron chi connectivity index (χ4n) is 5.91. The molecule has 3 N–H and O–H groups in total. The molecule has 5 rings (SSSR count). The molecule has 0 spiro atoms. The number of hydrogen-bond donors (Lipinski definition) is 2. The Labute approximate surface area is 217 Å². The predicted octanol–water partition coefficient (Wildman–Crippen LogP) is 3.96. The van der Waals surface area contributed by atoms with Crippen molar-refractivity contribution in [1.82, 2.24) is 15.1 Å². The van der Waals surface area contributed by atoms with Gasteiger partial charge >= 0.3 is 12.1 Å². The maximum absolute atomic E-state index is 13.9. The van der Waals surface area contributed by atoms with Gasteiger partial charge in [0, 0.05) is 25.2 Å². The number of hydrogen-bond acceptors (Lipinski definition) is 5. The molecule has 2 aliphatic heterocycles. The van der Waals surface area contributed by atoms with Crippen molar-refractivity contribution in [2.45, 2.75) is 62.3 Å². The first-order chi connectivity index (χ1) is 18.2. The van der Waals surface area contributed by atoms with Crippen molar-refractivity contribution >= 4 is 18.0 Å². The standard InChI is InChI=1S/C27H29F3N4O4/c28-18-6-1-15(2-7-18)16-3-8-20(9-4-16)33-12-11-19(14-33)32-26(36)34-23(24(25(31)35)38-27(34)37)17-5-10-21(29)22(30)13-17/h1-2,5-7,10,13,16,19-20,23-24H,3-4,8-9,11-12,14H2,(H2,31,35)(H,32,36)/t16?,19-,20?,23?,24-/m1/s1. The van der Waals surface area contributed by atoms with E-state index in [0.717, 1.165) is 49.9 Å². The van der Waals surface area contributed by atoms with Gasteiger partial charge in [-0.3, -0.25) is 9.69 Å². The molecule has 2 aromatic rings. The van der Waals surface area contributed by atoms with Gasteiger partial charge in [-0.15, -0.1) is 0 Å². The Kier molecular flexibility index (Phi) is 7.29. The minimum absolute atomic E-state index is 0.0136. The molecule has 38 heavy (non-hydrogen) atoms. The van der Waals surface area contributed by atoms with Crippen molar-refractivity contribution in [2.75, 3.05) is 13.1 Å². The number of amides is 4. The van der Waals surface area contributed by atoms with E-state index in [1.54, 1.807) is 0 Å². The van der Waals surface area contributed by atoms with E-state index < -0.39 is 41.8 Å². The fraction of sp³-hybridized carbons (Fsp3) is 0.444. The molecule has 1 saturated carbocycles. The van der Waals surface area contributed by atoms with Gasteiger partial charge in [0.25, 0.3) is 5.91 Å². The third kappa shape index (κ3) is 5.20. The van der Waals surface area contributed by atoms with Crippen LogP contribution in [0.15, 0.2) is 42.5 Å². The Morgan fingerprint density at radius 3 is 2.26 bits per heavy atom. The Balaban J connectivity index is 1.21. The molecule has 0 bridgehead atoms. The second-order valence-electron chi connectivity index (χ2n) is 10.2. The lowest BCUT2D eigenvalue weighted by Crippen LogP contribution is -2.48. The van der Waals surface area contributed by atoms with Gasteiger partial charge in [0.15, 0.2) is 11.6 Å². The van der Waals surface area contributed by atoms with E-state index in [1.807, 2.05) is 12.1 Å². The van der Waals surface area contributed by atoms with Crippen molar-refractivity contribution in [3.63, 3.8) is 0 Å². The number of ether oxygens (including phenoxy) is 1. The molecular formula is C27H29F3N4O4. The van der Waals surface area contributed by atoms with Crippen molar-refractivity contribution in [2.24, 2.45) is 5.73 Å². The van der Waals surface area contributed by atoms with Crippen LogP contribution in [0.4, 0.5) is 22.8 Å². The summed E-state index contributed by atoms with van der Waals surface area (Å²) in [6.45, 7) is 1.37. The summed E-state index contributed by atoms with van der Waals surface area (Å²) in [5.74, 6) is -3.14. The van der Waals surface area contributed by atoms with Crippen LogP contribution >= 0.6 is 0 Å². The summed E-state index contributed by atoms with van der Waals surface area (Å²) in [5.41, 5.74) is 6.54. The number of urea groups is 1. The van der Waals surface area contributed by atoms with Crippen molar-refractivity contribution in [3.05, 3.63) is 71.0 Å². The lowest BCUT2D eigenvalue weighted by molar-refractivity contribution is -0.125. The number of carbonyl (C=O) groups excluding carboxylic acids is 3. The zero-order valence-corrected chi connectivity index (χ0v) is 20.6. The van der Waals surface area contributed by atoms with E-state index in [1.165, 1.54) is 18.2 Å². The van der Waals surface area contributed by atoms with E-state index in [2.05, 4.69) is 10.2 Å². The van der Waals surface area contributed by atoms with Gasteiger partial charge in [-0.05, 0) is 73.4 Å². The number of nitrogens with zero attached hydrogens (tertiary/aromatic N) is 2. The summed E-state index contributed by atoms with van der Waals surface area (Å²) in [6, 6.07) is 7.53. The zero-order chi connectivity index (χ0) is 27.0. The fourth-order valence-corrected chi connectivity index (χ4v) is 5.91. The summed E-state index contributed by atoms with van der Waals surface area (Å²) >= 11 is 0. The highest BCUT2D eigenvalue weighted by Gasteiger charge is 2.50. The van der Waals surface area contributed by atoms with Crippen molar-refractivity contribution in [1.29, 1.82) is 0 Å². The molecule has 2 aromatic carbocycles. The molecule has 11 heteroatoms. The van der Waals surface area contributed by atoms with Gasteiger partial charge in [0.1, 0.15) is 11.9 Å². The molecule has 0 radical (unpaired) electrons. The summed E-state index contributed by atoms with van der Waals surface area (Å²) in [4.78, 5) is 40.7. The number of likely N-dealkylation sites (tertiary alicyclic amines) is 1. The van der Waals surface area contributed by atoms with E-state index in [4.69, 9.17) is 10.5 Å². The first-order valence-electron chi connectivity index (χ1n) is 12.8. The number of carbonyl (C=O) groups is 3. The number of imide groups is 1. The van der Waals surface area contributed by atoms with Crippen LogP contribution in [0.25, 0.3) is 0 Å². The summed E-state index contributed by atoms with van der Waals surface area (Å²) < 4.78 is 45.7. The third-order valence-corrected chi connectivity index (χ3v) is 7.88. The van der Waals surface area contributed by atoms with Crippen LogP contribution in [0.3, 0.4) is 0 Å². The molecule has 4 amide bonds. The number of nitrogens with two attached hydrogens (primary N) is 1. The van der Waals surface area contributed by atoms with Gasteiger partial charge < -0.3 is 15.8 Å². The lowest BCUT2D eigenvalue weighted by atomic mass is 9.81. The quantitative estimate of drug-likeness (QED) is 0.609. The second-order valence-corrected chi connectivity index (χ2v) is 10.2. The summed E-state index contributed by atoms with van der Waals surface area (Å²) in [7, 11) is 0. The average Bonchev–Trinajstić information content (AvgIpc) is 3.50. The maximum atomic E-state index is 13.9. The number of benzene rings is 2. The van der Waals surface area contributed by atoms with Gasteiger partial charge in [-0.1, -0.05) is 18.2 Å². The number of nitrogens with one attached hydrogen (secondary N) is 1.